The van der Waals surface area contributed by atoms with E-state index in [-0.39, 0.29) is 11.3 Å². The first-order chi connectivity index (χ1) is 11.5. The Morgan fingerprint density at radius 1 is 1.08 bits per heavy atom. The molecule has 0 saturated carbocycles. The summed E-state index contributed by atoms with van der Waals surface area (Å²) in [5, 5.41) is 10.7. The Hall–Kier alpha value is -3.55. The number of benzene rings is 2. The average Bonchev–Trinajstić information content (AvgIpc) is 2.58. The first kappa shape index (κ1) is 16.8. The van der Waals surface area contributed by atoms with Crippen LogP contribution in [0.25, 0.3) is 6.08 Å². The fourth-order valence-corrected chi connectivity index (χ4v) is 1.75. The summed E-state index contributed by atoms with van der Waals surface area (Å²) in [6, 6.07) is 10.5. The third-order valence-electron chi connectivity index (χ3n) is 2.91. The molecule has 0 atom stereocenters. The largest absolute Gasteiger partial charge is 0.270 e. The van der Waals surface area contributed by atoms with Crippen LogP contribution in [0.15, 0.2) is 54.6 Å². The lowest BCUT2D eigenvalue weighted by atomic mass is 10.2. The highest BCUT2D eigenvalue weighted by atomic mass is 19.1. The van der Waals surface area contributed by atoms with E-state index in [4.69, 9.17) is 0 Å². The van der Waals surface area contributed by atoms with E-state index in [1.165, 1.54) is 36.4 Å². The van der Waals surface area contributed by atoms with E-state index in [0.717, 1.165) is 18.2 Å². The molecule has 0 aliphatic rings. The maximum atomic E-state index is 12.8. The van der Waals surface area contributed by atoms with Gasteiger partial charge in [0.05, 0.1) is 4.92 Å². The highest BCUT2D eigenvalue weighted by molar-refractivity contribution is 5.97. The van der Waals surface area contributed by atoms with Gasteiger partial charge in [-0.2, -0.15) is 0 Å². The minimum atomic E-state index is -0.628. The number of hydrogen-bond acceptors (Lipinski definition) is 4. The zero-order valence-corrected chi connectivity index (χ0v) is 12.2. The number of carbonyl (C=O) groups excluding carboxylic acids is 2. The van der Waals surface area contributed by atoms with Gasteiger partial charge in [-0.1, -0.05) is 12.1 Å². The predicted octanol–water partition coefficient (Wildman–Crippen LogP) is 2.21. The van der Waals surface area contributed by atoms with Crippen LogP contribution >= 0.6 is 0 Å². The SMILES string of the molecule is O=C(/C=C/c1cccc([N+](=O)[O-])c1)NNC(=O)c1ccc(F)cc1. The Balaban J connectivity index is 1.91. The number of nitro groups is 1. The first-order valence-corrected chi connectivity index (χ1v) is 6.74. The highest BCUT2D eigenvalue weighted by Gasteiger charge is 2.06. The Kier molecular flexibility index (Phi) is 5.35. The number of hydrogen-bond donors (Lipinski definition) is 2. The van der Waals surface area contributed by atoms with Crippen molar-refractivity contribution in [3.05, 3.63) is 81.7 Å². The molecular weight excluding hydrogens is 317 g/mol. The van der Waals surface area contributed by atoms with Crippen LogP contribution < -0.4 is 10.9 Å². The zero-order valence-electron chi connectivity index (χ0n) is 12.2. The topological polar surface area (TPSA) is 101 Å². The molecule has 8 heteroatoms. The minimum absolute atomic E-state index is 0.0952. The van der Waals surface area contributed by atoms with Gasteiger partial charge >= 0.3 is 0 Å². The maximum absolute atomic E-state index is 12.8. The van der Waals surface area contributed by atoms with Gasteiger partial charge in [-0.05, 0) is 35.9 Å². The Bertz CT molecular complexity index is 803. The number of non-ortho nitro benzene ring substituents is 1. The Labute approximate surface area is 135 Å². The number of nitro benzene ring substituents is 1. The summed E-state index contributed by atoms with van der Waals surface area (Å²) in [5.74, 6) is -1.71. The molecule has 2 N–H and O–H groups in total. The summed E-state index contributed by atoms with van der Waals surface area (Å²) in [6.07, 6.45) is 2.48. The van der Waals surface area contributed by atoms with Gasteiger partial charge < -0.3 is 0 Å². The van der Waals surface area contributed by atoms with Crippen molar-refractivity contribution in [2.45, 2.75) is 0 Å². The molecule has 122 valence electrons. The predicted molar refractivity (Wildman–Crippen MR) is 84.1 cm³/mol. The van der Waals surface area contributed by atoms with E-state index in [1.54, 1.807) is 6.07 Å². The van der Waals surface area contributed by atoms with Crippen molar-refractivity contribution >= 4 is 23.6 Å². The van der Waals surface area contributed by atoms with Gasteiger partial charge in [-0.3, -0.25) is 30.6 Å². The van der Waals surface area contributed by atoms with Gasteiger partial charge in [0.2, 0.25) is 0 Å². The molecule has 0 saturated heterocycles. The molecule has 0 aromatic heterocycles. The maximum Gasteiger partial charge on any atom is 0.270 e. The Morgan fingerprint density at radius 2 is 1.79 bits per heavy atom. The van der Waals surface area contributed by atoms with E-state index >= 15 is 0 Å². The van der Waals surface area contributed by atoms with E-state index < -0.39 is 22.6 Å². The molecule has 0 unspecified atom stereocenters. The highest BCUT2D eigenvalue weighted by Crippen LogP contribution is 2.13. The molecule has 0 aliphatic heterocycles. The van der Waals surface area contributed by atoms with Crippen molar-refractivity contribution in [3.63, 3.8) is 0 Å². The van der Waals surface area contributed by atoms with Crippen molar-refractivity contribution in [3.8, 4) is 0 Å². The van der Waals surface area contributed by atoms with E-state index in [2.05, 4.69) is 10.9 Å². The summed E-state index contributed by atoms with van der Waals surface area (Å²) in [4.78, 5) is 33.4. The molecule has 24 heavy (non-hydrogen) atoms. The number of rotatable bonds is 4. The second-order valence-corrected chi connectivity index (χ2v) is 4.64. The molecule has 0 spiro atoms. The van der Waals surface area contributed by atoms with E-state index in [0.29, 0.717) is 5.56 Å². The summed E-state index contributed by atoms with van der Waals surface area (Å²) in [7, 11) is 0. The lowest BCUT2D eigenvalue weighted by Gasteiger charge is -2.05. The quantitative estimate of drug-likeness (QED) is 0.510. The third kappa shape index (κ3) is 4.73. The lowest BCUT2D eigenvalue weighted by molar-refractivity contribution is -0.384. The summed E-state index contributed by atoms with van der Waals surface area (Å²) in [5.41, 5.74) is 4.86. The third-order valence-corrected chi connectivity index (χ3v) is 2.91. The van der Waals surface area contributed by atoms with E-state index in [9.17, 15) is 24.1 Å². The molecule has 2 aromatic carbocycles. The van der Waals surface area contributed by atoms with Gasteiger partial charge in [0.15, 0.2) is 0 Å². The van der Waals surface area contributed by atoms with Crippen LogP contribution in [0.2, 0.25) is 0 Å². The van der Waals surface area contributed by atoms with Crippen LogP contribution in [0, 0.1) is 15.9 Å². The minimum Gasteiger partial charge on any atom is -0.268 e. The van der Waals surface area contributed by atoms with Gasteiger partial charge in [-0.15, -0.1) is 0 Å². The Morgan fingerprint density at radius 3 is 2.46 bits per heavy atom. The standard InChI is InChI=1S/C16H12FN3O4/c17-13-7-5-12(6-8-13)16(22)19-18-15(21)9-4-11-2-1-3-14(10-11)20(23)24/h1-10H,(H,18,21)(H,19,22)/b9-4+. The molecule has 0 fully saturated rings. The molecule has 0 bridgehead atoms. The number of carbonyl (C=O) groups is 2. The van der Waals surface area contributed by atoms with Gasteiger partial charge in [0.1, 0.15) is 5.82 Å². The van der Waals surface area contributed by atoms with Crippen molar-refractivity contribution in [2.24, 2.45) is 0 Å². The zero-order chi connectivity index (χ0) is 17.5. The number of nitrogens with zero attached hydrogens (tertiary/aromatic N) is 1. The summed E-state index contributed by atoms with van der Waals surface area (Å²) in [6.45, 7) is 0. The van der Waals surface area contributed by atoms with Crippen LogP contribution in [-0.4, -0.2) is 16.7 Å². The van der Waals surface area contributed by atoms with Gasteiger partial charge in [0.25, 0.3) is 17.5 Å². The number of nitrogens with one attached hydrogen (secondary N) is 2. The van der Waals surface area contributed by atoms with Gasteiger partial charge in [0, 0.05) is 23.8 Å². The number of halogens is 1. The van der Waals surface area contributed by atoms with Gasteiger partial charge in [-0.25, -0.2) is 4.39 Å². The summed E-state index contributed by atoms with van der Waals surface area (Å²) >= 11 is 0. The fraction of sp³-hybridized carbons (Fsp3) is 0. The normalized spacial score (nSPS) is 10.4. The number of hydrazine groups is 1. The second-order valence-electron chi connectivity index (χ2n) is 4.64. The molecule has 7 nitrogen and oxygen atoms in total. The second kappa shape index (κ2) is 7.63. The van der Waals surface area contributed by atoms with E-state index in [1.807, 2.05) is 0 Å². The fourth-order valence-electron chi connectivity index (χ4n) is 1.75. The van der Waals surface area contributed by atoms with Crippen LogP contribution in [0.5, 0.6) is 0 Å². The van der Waals surface area contributed by atoms with Crippen molar-refractivity contribution in [1.82, 2.24) is 10.9 Å². The molecule has 2 aromatic rings. The molecule has 0 aliphatic carbocycles. The van der Waals surface area contributed by atoms with Crippen LogP contribution in [-0.2, 0) is 4.79 Å². The van der Waals surface area contributed by atoms with Crippen LogP contribution in [0.3, 0.4) is 0 Å². The molecular formula is C16H12FN3O4. The van der Waals surface area contributed by atoms with Crippen LogP contribution in [0.1, 0.15) is 15.9 Å². The average molecular weight is 329 g/mol. The number of amides is 2. The lowest BCUT2D eigenvalue weighted by Crippen LogP contribution is -2.40. The molecule has 2 rings (SSSR count). The summed E-state index contributed by atoms with van der Waals surface area (Å²) < 4.78 is 12.8. The molecule has 0 heterocycles. The first-order valence-electron chi connectivity index (χ1n) is 6.74. The van der Waals surface area contributed by atoms with Crippen molar-refractivity contribution in [2.75, 3.05) is 0 Å². The van der Waals surface area contributed by atoms with Crippen molar-refractivity contribution < 1.29 is 18.9 Å². The molecule has 2 amide bonds. The monoisotopic (exact) mass is 329 g/mol. The smallest absolute Gasteiger partial charge is 0.268 e. The van der Waals surface area contributed by atoms with Crippen LogP contribution in [0.4, 0.5) is 10.1 Å². The van der Waals surface area contributed by atoms with Crippen molar-refractivity contribution in [1.29, 1.82) is 0 Å². The molecule has 0 radical (unpaired) electrons.